The molecule has 0 unspecified atom stereocenters. The summed E-state index contributed by atoms with van der Waals surface area (Å²) in [7, 11) is 0. The van der Waals surface area contributed by atoms with Gasteiger partial charge in [-0.15, -0.1) is 0 Å². The first-order chi connectivity index (χ1) is 5.74. The van der Waals surface area contributed by atoms with E-state index in [1.807, 2.05) is 6.92 Å². The van der Waals surface area contributed by atoms with Gasteiger partial charge in [-0.2, -0.15) is 4.39 Å². The van der Waals surface area contributed by atoms with E-state index in [1.165, 1.54) is 6.07 Å². The smallest absolute Gasteiger partial charge is 0.213 e. The van der Waals surface area contributed by atoms with E-state index in [9.17, 15) is 4.39 Å². The van der Waals surface area contributed by atoms with Gasteiger partial charge in [-0.25, -0.2) is 4.98 Å². The molecule has 0 aliphatic carbocycles. The number of halogens is 1. The molecule has 2 N–H and O–H groups in total. The van der Waals surface area contributed by atoms with Crippen molar-refractivity contribution in [2.45, 2.75) is 25.8 Å². The third-order valence-electron chi connectivity index (χ3n) is 1.72. The molecule has 0 bridgehead atoms. The lowest BCUT2D eigenvalue weighted by atomic mass is 10.1. The normalized spacial score (nSPS) is 12.9. The van der Waals surface area contributed by atoms with Crippen LogP contribution in [0.4, 0.5) is 4.39 Å². The van der Waals surface area contributed by atoms with Crippen LogP contribution in [0.2, 0.25) is 0 Å². The summed E-state index contributed by atoms with van der Waals surface area (Å²) in [4.78, 5) is 3.70. The van der Waals surface area contributed by atoms with Crippen LogP contribution >= 0.6 is 0 Å². The summed E-state index contributed by atoms with van der Waals surface area (Å²) in [6, 6.07) is 4.57. The Hall–Kier alpha value is -0.960. The Balaban J connectivity index is 2.73. The zero-order valence-corrected chi connectivity index (χ0v) is 7.13. The summed E-state index contributed by atoms with van der Waals surface area (Å²) in [6.45, 7) is 2.04. The van der Waals surface area contributed by atoms with Crippen LogP contribution in [0.1, 0.15) is 31.5 Å². The van der Waals surface area contributed by atoms with Gasteiger partial charge in [-0.05, 0) is 18.6 Å². The van der Waals surface area contributed by atoms with Gasteiger partial charge in [-0.1, -0.05) is 19.4 Å². The Bertz CT molecular complexity index is 250. The van der Waals surface area contributed by atoms with E-state index < -0.39 is 5.95 Å². The number of nitrogens with two attached hydrogens (primary N) is 1. The molecule has 1 heterocycles. The van der Waals surface area contributed by atoms with Crippen LogP contribution in [0, 0.1) is 5.95 Å². The summed E-state index contributed by atoms with van der Waals surface area (Å²) in [5, 5.41) is 0. The molecule has 66 valence electrons. The number of pyridine rings is 1. The zero-order chi connectivity index (χ0) is 8.97. The predicted molar refractivity (Wildman–Crippen MR) is 46.0 cm³/mol. The summed E-state index contributed by atoms with van der Waals surface area (Å²) >= 11 is 0. The molecule has 1 aromatic heterocycles. The van der Waals surface area contributed by atoms with Gasteiger partial charge in [0.1, 0.15) is 0 Å². The minimum atomic E-state index is -0.459. The third-order valence-corrected chi connectivity index (χ3v) is 1.72. The van der Waals surface area contributed by atoms with Crippen LogP contribution in [-0.4, -0.2) is 4.98 Å². The Kier molecular flexibility index (Phi) is 3.17. The van der Waals surface area contributed by atoms with E-state index in [1.54, 1.807) is 12.1 Å². The van der Waals surface area contributed by atoms with Crippen LogP contribution in [0.3, 0.4) is 0 Å². The van der Waals surface area contributed by atoms with Crippen molar-refractivity contribution in [3.8, 4) is 0 Å². The molecule has 1 rings (SSSR count). The maximum Gasteiger partial charge on any atom is 0.213 e. The highest BCUT2D eigenvalue weighted by Crippen LogP contribution is 2.12. The molecule has 0 aromatic carbocycles. The second-order valence-electron chi connectivity index (χ2n) is 2.78. The molecular formula is C9H13FN2. The molecule has 0 saturated carbocycles. The molecule has 0 amide bonds. The lowest BCUT2D eigenvalue weighted by Gasteiger charge is -2.08. The Morgan fingerprint density at radius 3 is 2.92 bits per heavy atom. The van der Waals surface area contributed by atoms with E-state index in [2.05, 4.69) is 4.98 Å². The SMILES string of the molecule is CCC[C@@H](N)c1cccc(F)n1. The first-order valence-corrected chi connectivity index (χ1v) is 4.12. The zero-order valence-electron chi connectivity index (χ0n) is 7.13. The lowest BCUT2D eigenvalue weighted by Crippen LogP contribution is -2.11. The molecule has 3 heteroatoms. The summed E-state index contributed by atoms with van der Waals surface area (Å²) in [6.07, 6.45) is 1.83. The van der Waals surface area contributed by atoms with E-state index in [-0.39, 0.29) is 6.04 Å². The number of rotatable bonds is 3. The van der Waals surface area contributed by atoms with Crippen molar-refractivity contribution >= 4 is 0 Å². The van der Waals surface area contributed by atoms with Gasteiger partial charge in [0.05, 0.1) is 5.69 Å². The molecule has 12 heavy (non-hydrogen) atoms. The highest BCUT2D eigenvalue weighted by molar-refractivity contribution is 5.08. The van der Waals surface area contributed by atoms with Gasteiger partial charge in [-0.3, -0.25) is 0 Å². The van der Waals surface area contributed by atoms with Crippen LogP contribution in [0.5, 0.6) is 0 Å². The molecule has 1 aromatic rings. The van der Waals surface area contributed by atoms with Gasteiger partial charge in [0.2, 0.25) is 5.95 Å². The molecular weight excluding hydrogens is 155 g/mol. The van der Waals surface area contributed by atoms with E-state index in [4.69, 9.17) is 5.73 Å². The lowest BCUT2D eigenvalue weighted by molar-refractivity contribution is 0.552. The monoisotopic (exact) mass is 168 g/mol. The van der Waals surface area contributed by atoms with Gasteiger partial charge < -0.3 is 5.73 Å². The van der Waals surface area contributed by atoms with E-state index in [0.29, 0.717) is 5.69 Å². The molecule has 2 nitrogen and oxygen atoms in total. The molecule has 0 radical (unpaired) electrons. The molecule has 0 aliphatic rings. The second kappa shape index (κ2) is 4.16. The summed E-state index contributed by atoms with van der Waals surface area (Å²) in [5.74, 6) is -0.459. The Labute approximate surface area is 71.6 Å². The molecule has 0 fully saturated rings. The molecule has 0 aliphatic heterocycles. The highest BCUT2D eigenvalue weighted by Gasteiger charge is 2.05. The van der Waals surface area contributed by atoms with Crippen molar-refractivity contribution in [3.05, 3.63) is 29.8 Å². The number of hydrogen-bond acceptors (Lipinski definition) is 2. The second-order valence-corrected chi connectivity index (χ2v) is 2.78. The van der Waals surface area contributed by atoms with Gasteiger partial charge >= 0.3 is 0 Å². The van der Waals surface area contributed by atoms with Crippen LogP contribution in [0.25, 0.3) is 0 Å². The fourth-order valence-corrected chi connectivity index (χ4v) is 1.09. The van der Waals surface area contributed by atoms with Crippen molar-refractivity contribution in [1.82, 2.24) is 4.98 Å². The van der Waals surface area contributed by atoms with Crippen molar-refractivity contribution in [1.29, 1.82) is 0 Å². The predicted octanol–water partition coefficient (Wildman–Crippen LogP) is 2.02. The maximum atomic E-state index is 12.6. The fraction of sp³-hybridized carbons (Fsp3) is 0.444. The van der Waals surface area contributed by atoms with E-state index in [0.717, 1.165) is 12.8 Å². The third kappa shape index (κ3) is 2.27. The van der Waals surface area contributed by atoms with Crippen molar-refractivity contribution < 1.29 is 4.39 Å². The number of aromatic nitrogens is 1. The fourth-order valence-electron chi connectivity index (χ4n) is 1.09. The number of nitrogens with zero attached hydrogens (tertiary/aromatic N) is 1. The topological polar surface area (TPSA) is 38.9 Å². The summed E-state index contributed by atoms with van der Waals surface area (Å²) < 4.78 is 12.6. The highest BCUT2D eigenvalue weighted by atomic mass is 19.1. The van der Waals surface area contributed by atoms with Gasteiger partial charge in [0.25, 0.3) is 0 Å². The van der Waals surface area contributed by atoms with E-state index >= 15 is 0 Å². The standard InChI is InChI=1S/C9H13FN2/c1-2-4-7(11)8-5-3-6-9(10)12-8/h3,5-7H,2,4,11H2,1H3/t7-/m1/s1. The maximum absolute atomic E-state index is 12.6. The molecule has 0 saturated heterocycles. The van der Waals surface area contributed by atoms with Crippen LogP contribution in [0.15, 0.2) is 18.2 Å². The largest absolute Gasteiger partial charge is 0.323 e. The Morgan fingerprint density at radius 2 is 2.33 bits per heavy atom. The molecule has 1 atom stereocenters. The summed E-state index contributed by atoms with van der Waals surface area (Å²) in [5.41, 5.74) is 6.38. The van der Waals surface area contributed by atoms with Crippen LogP contribution < -0.4 is 5.73 Å². The minimum absolute atomic E-state index is 0.134. The number of hydrogen-bond donors (Lipinski definition) is 1. The van der Waals surface area contributed by atoms with Crippen molar-refractivity contribution in [2.75, 3.05) is 0 Å². The van der Waals surface area contributed by atoms with Crippen molar-refractivity contribution in [3.63, 3.8) is 0 Å². The average Bonchev–Trinajstić information content (AvgIpc) is 2.05. The average molecular weight is 168 g/mol. The van der Waals surface area contributed by atoms with Gasteiger partial charge in [0.15, 0.2) is 0 Å². The quantitative estimate of drug-likeness (QED) is 0.701. The van der Waals surface area contributed by atoms with Crippen molar-refractivity contribution in [2.24, 2.45) is 5.73 Å². The first-order valence-electron chi connectivity index (χ1n) is 4.12. The minimum Gasteiger partial charge on any atom is -0.323 e. The molecule has 0 spiro atoms. The van der Waals surface area contributed by atoms with Gasteiger partial charge in [0, 0.05) is 6.04 Å². The first kappa shape index (κ1) is 9.13. The van der Waals surface area contributed by atoms with Crippen LogP contribution in [-0.2, 0) is 0 Å². The Morgan fingerprint density at radius 1 is 1.58 bits per heavy atom.